The maximum absolute atomic E-state index is 13.3. The minimum Gasteiger partial charge on any atom is -0.373 e. The first-order valence-corrected chi connectivity index (χ1v) is 11.9. The van der Waals surface area contributed by atoms with E-state index < -0.39 is 46.7 Å². The lowest BCUT2D eigenvalue weighted by atomic mass is 9.67. The molecule has 1 aliphatic carbocycles. The van der Waals surface area contributed by atoms with Crippen LogP contribution in [0.3, 0.4) is 0 Å². The van der Waals surface area contributed by atoms with Gasteiger partial charge in [-0.1, -0.05) is 30.3 Å². The Labute approximate surface area is 220 Å². The van der Waals surface area contributed by atoms with Crippen molar-refractivity contribution in [1.82, 2.24) is 16.2 Å². The van der Waals surface area contributed by atoms with Crippen LogP contribution >= 0.6 is 0 Å². The van der Waals surface area contributed by atoms with Crippen molar-refractivity contribution in [3.05, 3.63) is 82.2 Å². The number of benzene rings is 2. The van der Waals surface area contributed by atoms with Crippen LogP contribution < -0.4 is 16.2 Å². The number of nitrogens with one attached hydrogen (secondary N) is 3. The quantitative estimate of drug-likeness (QED) is 0.164. The Morgan fingerprint density at radius 3 is 2.08 bits per heavy atom. The van der Waals surface area contributed by atoms with Crippen LogP contribution in [0.15, 0.2) is 48.5 Å². The van der Waals surface area contributed by atoms with Crippen LogP contribution in [0.2, 0.25) is 0 Å². The third-order valence-electron chi connectivity index (χ3n) is 6.91. The Morgan fingerprint density at radius 1 is 1.03 bits per heavy atom. The highest BCUT2D eigenvalue weighted by molar-refractivity contribution is 5.76. The summed E-state index contributed by atoms with van der Waals surface area (Å²) < 4.78 is 86.0. The van der Waals surface area contributed by atoms with E-state index in [1.807, 2.05) is 17.6 Å². The lowest BCUT2D eigenvalue weighted by Gasteiger charge is -2.42. The zero-order valence-corrected chi connectivity index (χ0v) is 20.7. The number of hydrogen-bond donors (Lipinski definition) is 3. The normalized spacial score (nSPS) is 22.3. The van der Waals surface area contributed by atoms with E-state index >= 15 is 0 Å². The van der Waals surface area contributed by atoms with Gasteiger partial charge in [0, 0.05) is 18.3 Å². The van der Waals surface area contributed by atoms with Crippen molar-refractivity contribution in [2.45, 2.75) is 62.1 Å². The van der Waals surface area contributed by atoms with Gasteiger partial charge in [-0.15, -0.1) is 0 Å². The number of nitrogens with zero attached hydrogens (tertiary/aromatic N) is 1. The van der Waals surface area contributed by atoms with Gasteiger partial charge in [0.1, 0.15) is 0 Å². The van der Waals surface area contributed by atoms with E-state index in [9.17, 15) is 35.9 Å². The summed E-state index contributed by atoms with van der Waals surface area (Å²) in [6.07, 6.45) is -9.81. The van der Waals surface area contributed by atoms with Gasteiger partial charge < -0.3 is 4.74 Å². The van der Waals surface area contributed by atoms with Crippen LogP contribution in [-0.4, -0.2) is 24.7 Å². The van der Waals surface area contributed by atoms with Gasteiger partial charge >= 0.3 is 24.0 Å². The molecule has 0 saturated heterocycles. The number of urea groups is 1. The van der Waals surface area contributed by atoms with Gasteiger partial charge in [0.25, 0.3) is 0 Å². The molecule has 1 saturated carbocycles. The number of carbonyl (C=O) groups excluding carboxylic acids is 2. The molecule has 3 amide bonds. The highest BCUT2D eigenvalue weighted by Gasteiger charge is 2.49. The molecule has 1 aliphatic rings. The second-order valence-electron chi connectivity index (χ2n) is 9.42. The SMILES string of the molecule is [C-]#[N+]C1(NC(=O)NNC=O)CCC(CO[C@H](C)c2cc(C(F)(F)F)cc(C(F)(F)F)c2)(c2ccccc2)CC1. The molecule has 7 nitrogen and oxygen atoms in total. The molecule has 0 aromatic heterocycles. The first-order valence-electron chi connectivity index (χ1n) is 11.9. The van der Waals surface area contributed by atoms with Gasteiger partial charge in [-0.3, -0.25) is 20.4 Å². The summed E-state index contributed by atoms with van der Waals surface area (Å²) in [6.45, 7) is 8.98. The van der Waals surface area contributed by atoms with Crippen LogP contribution in [0.1, 0.15) is 61.0 Å². The van der Waals surface area contributed by atoms with Crippen molar-refractivity contribution < 1.29 is 40.7 Å². The predicted molar refractivity (Wildman–Crippen MR) is 128 cm³/mol. The zero-order valence-electron chi connectivity index (χ0n) is 20.7. The second kappa shape index (κ2) is 11.5. The van der Waals surface area contributed by atoms with Gasteiger partial charge in [-0.25, -0.2) is 16.8 Å². The van der Waals surface area contributed by atoms with Crippen molar-refractivity contribution in [3.63, 3.8) is 0 Å². The summed E-state index contributed by atoms with van der Waals surface area (Å²) in [5, 5.41) is 2.56. The molecule has 0 radical (unpaired) electrons. The van der Waals surface area contributed by atoms with Crippen molar-refractivity contribution in [2.75, 3.05) is 6.61 Å². The van der Waals surface area contributed by atoms with Crippen molar-refractivity contribution in [2.24, 2.45) is 0 Å². The first kappa shape index (κ1) is 29.8. The largest absolute Gasteiger partial charge is 0.416 e. The predicted octanol–water partition coefficient (Wildman–Crippen LogP) is 5.89. The molecule has 39 heavy (non-hydrogen) atoms. The minimum atomic E-state index is -4.98. The Morgan fingerprint density at radius 2 is 1.59 bits per heavy atom. The van der Waals surface area contributed by atoms with Crippen LogP contribution in [-0.2, 0) is 27.3 Å². The summed E-state index contributed by atoms with van der Waals surface area (Å²) in [4.78, 5) is 26.1. The zero-order chi connectivity index (χ0) is 28.9. The number of amides is 3. The molecule has 3 rings (SSSR count). The number of halogens is 6. The van der Waals surface area contributed by atoms with Gasteiger partial charge in [0.15, 0.2) is 0 Å². The monoisotopic (exact) mass is 556 g/mol. The van der Waals surface area contributed by atoms with Crippen LogP contribution in [0.5, 0.6) is 0 Å². The molecule has 0 spiro atoms. The summed E-state index contributed by atoms with van der Waals surface area (Å²) >= 11 is 0. The average Bonchev–Trinajstić information content (AvgIpc) is 2.90. The Balaban J connectivity index is 1.85. The Kier molecular flexibility index (Phi) is 8.80. The molecular formula is C26H26F6N4O3. The van der Waals surface area contributed by atoms with E-state index in [0.29, 0.717) is 25.0 Å². The fraction of sp³-hybridized carbons (Fsp3) is 0.423. The van der Waals surface area contributed by atoms with Crippen LogP contribution in [0.25, 0.3) is 4.85 Å². The van der Waals surface area contributed by atoms with Gasteiger partial charge in [0.05, 0.1) is 23.8 Å². The molecule has 0 bridgehead atoms. The second-order valence-corrected chi connectivity index (χ2v) is 9.42. The number of ether oxygens (including phenoxy) is 1. The van der Waals surface area contributed by atoms with Gasteiger partial charge in [0.2, 0.25) is 6.41 Å². The highest BCUT2D eigenvalue weighted by atomic mass is 19.4. The summed E-state index contributed by atoms with van der Waals surface area (Å²) in [7, 11) is 0. The van der Waals surface area contributed by atoms with Crippen molar-refractivity contribution in [1.29, 1.82) is 0 Å². The molecule has 3 N–H and O–H groups in total. The maximum Gasteiger partial charge on any atom is 0.416 e. The molecule has 2 aromatic carbocycles. The van der Waals surface area contributed by atoms with Gasteiger partial charge in [-0.05, 0) is 49.1 Å². The van der Waals surface area contributed by atoms with E-state index in [2.05, 4.69) is 15.6 Å². The molecule has 0 aliphatic heterocycles. The number of hydrazine groups is 1. The van der Waals surface area contributed by atoms with E-state index in [1.165, 1.54) is 6.92 Å². The molecule has 1 atom stereocenters. The molecular weight excluding hydrogens is 530 g/mol. The highest BCUT2D eigenvalue weighted by Crippen LogP contribution is 2.45. The third-order valence-corrected chi connectivity index (χ3v) is 6.91. The van der Waals surface area contributed by atoms with E-state index in [-0.39, 0.29) is 37.5 Å². The lowest BCUT2D eigenvalue weighted by molar-refractivity contribution is -0.143. The molecule has 2 aromatic rings. The summed E-state index contributed by atoms with van der Waals surface area (Å²) in [5.74, 6) is 0. The topological polar surface area (TPSA) is 83.8 Å². The first-order chi connectivity index (χ1) is 18.2. The van der Waals surface area contributed by atoms with E-state index in [1.54, 1.807) is 18.2 Å². The van der Waals surface area contributed by atoms with Gasteiger partial charge in [-0.2, -0.15) is 26.3 Å². The summed E-state index contributed by atoms with van der Waals surface area (Å²) in [5.41, 5.74) is -0.223. The fourth-order valence-corrected chi connectivity index (χ4v) is 4.65. The Hall–Kier alpha value is -3.79. The van der Waals surface area contributed by atoms with E-state index in [4.69, 9.17) is 11.3 Å². The van der Waals surface area contributed by atoms with E-state index in [0.717, 1.165) is 5.56 Å². The number of hydrogen-bond acceptors (Lipinski definition) is 3. The number of alkyl halides is 6. The number of rotatable bonds is 8. The molecule has 13 heteroatoms. The lowest BCUT2D eigenvalue weighted by Crippen LogP contribution is -2.56. The molecule has 210 valence electrons. The molecule has 1 fully saturated rings. The standard InChI is InChI=1S/C26H26F6N4O3/c1-17(18-12-20(25(27,28)29)14-21(13-18)26(30,31)32)39-15-23(19-6-4-3-5-7-19)8-10-24(33-2,11-9-23)35-22(38)36-34-16-37/h3-7,12-14,16-17H,8-11,15H2,1H3,(H,34,37)(H2,35,36,38)/t17-,23?,24?/m1/s1. The van der Waals surface area contributed by atoms with Crippen molar-refractivity contribution >= 4 is 12.4 Å². The minimum absolute atomic E-state index is 0.0528. The van der Waals surface area contributed by atoms with Crippen LogP contribution in [0.4, 0.5) is 31.1 Å². The Bertz CT molecular complexity index is 1170. The number of carbonyl (C=O) groups is 2. The molecule has 0 heterocycles. The van der Waals surface area contributed by atoms with Crippen LogP contribution in [0, 0.1) is 6.57 Å². The maximum atomic E-state index is 13.3. The average molecular weight is 557 g/mol. The third kappa shape index (κ3) is 7.20. The smallest absolute Gasteiger partial charge is 0.373 e. The molecule has 0 unspecified atom stereocenters. The summed E-state index contributed by atoms with van der Waals surface area (Å²) in [6, 6.07) is 9.62. The van der Waals surface area contributed by atoms with Crippen molar-refractivity contribution in [3.8, 4) is 0 Å². The fourth-order valence-electron chi connectivity index (χ4n) is 4.65.